The summed E-state index contributed by atoms with van der Waals surface area (Å²) < 4.78 is 54.5. The van der Waals surface area contributed by atoms with Gasteiger partial charge in [-0.2, -0.15) is 18.4 Å². The molecule has 2 fully saturated rings. The first kappa shape index (κ1) is 20.6. The molecule has 0 unspecified atom stereocenters. The quantitative estimate of drug-likeness (QED) is 0.553. The van der Waals surface area contributed by atoms with Gasteiger partial charge in [-0.25, -0.2) is 0 Å². The van der Waals surface area contributed by atoms with Crippen molar-refractivity contribution < 1.29 is 22.6 Å². The van der Waals surface area contributed by atoms with Crippen molar-refractivity contribution in [3.63, 3.8) is 0 Å². The fourth-order valence-corrected chi connectivity index (χ4v) is 4.46. The number of aromatic nitrogens is 3. The predicted octanol–water partition coefficient (Wildman–Crippen LogP) is 4.71. The highest BCUT2D eigenvalue weighted by molar-refractivity contribution is 5.57. The van der Waals surface area contributed by atoms with Crippen molar-refractivity contribution >= 4 is 5.65 Å². The summed E-state index contributed by atoms with van der Waals surface area (Å²) in [5.41, 5.74) is -1.31. The van der Waals surface area contributed by atoms with E-state index in [0.717, 1.165) is 18.4 Å². The minimum atomic E-state index is -4.65. The first-order valence-electron chi connectivity index (χ1n) is 10.5. The first-order valence-corrected chi connectivity index (χ1v) is 10.5. The smallest absolute Gasteiger partial charge is 0.423 e. The maximum absolute atomic E-state index is 14.0. The van der Waals surface area contributed by atoms with Gasteiger partial charge in [0.2, 0.25) is 0 Å². The van der Waals surface area contributed by atoms with Crippen LogP contribution in [0.25, 0.3) is 5.65 Å². The van der Waals surface area contributed by atoms with E-state index in [0.29, 0.717) is 23.9 Å². The Morgan fingerprint density at radius 1 is 1.16 bits per heavy atom. The molecule has 0 radical (unpaired) electrons. The fourth-order valence-electron chi connectivity index (χ4n) is 4.46. The van der Waals surface area contributed by atoms with E-state index in [9.17, 15) is 18.4 Å². The maximum atomic E-state index is 14.0. The largest absolute Gasteiger partial charge is 0.496 e. The molecular weight excluding hydrogens is 421 g/mol. The molecule has 2 saturated carbocycles. The SMILES string of the molecule is COc1ccccc1[C@]1(C#N)C[C@H](Oc2ccn3c(CC4CC4)nnc3c2C(F)(F)F)C1. The summed E-state index contributed by atoms with van der Waals surface area (Å²) in [5.74, 6) is 1.29. The van der Waals surface area contributed by atoms with Crippen LogP contribution in [0.2, 0.25) is 0 Å². The van der Waals surface area contributed by atoms with Crippen molar-refractivity contribution in [1.29, 1.82) is 5.26 Å². The maximum Gasteiger partial charge on any atom is 0.423 e. The molecular formula is C23H21F3N4O2. The van der Waals surface area contributed by atoms with Crippen molar-refractivity contribution in [2.75, 3.05) is 7.11 Å². The third-order valence-corrected chi connectivity index (χ3v) is 6.35. The van der Waals surface area contributed by atoms with Gasteiger partial charge in [0.1, 0.15) is 29.0 Å². The molecule has 6 nitrogen and oxygen atoms in total. The van der Waals surface area contributed by atoms with Crippen LogP contribution in [0, 0.1) is 17.2 Å². The molecule has 9 heteroatoms. The van der Waals surface area contributed by atoms with Gasteiger partial charge in [0.05, 0.1) is 18.6 Å². The van der Waals surface area contributed by atoms with Crippen LogP contribution in [0.1, 0.15) is 42.6 Å². The lowest BCUT2D eigenvalue weighted by Crippen LogP contribution is -2.46. The fraction of sp³-hybridized carbons (Fsp3) is 0.435. The molecule has 5 rings (SSSR count). The van der Waals surface area contributed by atoms with Gasteiger partial charge in [-0.3, -0.25) is 4.40 Å². The topological polar surface area (TPSA) is 72.4 Å². The number of nitrogens with zero attached hydrogens (tertiary/aromatic N) is 4. The predicted molar refractivity (Wildman–Crippen MR) is 108 cm³/mol. The molecule has 0 atom stereocenters. The normalized spacial score (nSPS) is 22.9. The molecule has 32 heavy (non-hydrogen) atoms. The molecule has 2 aromatic heterocycles. The van der Waals surface area contributed by atoms with E-state index in [2.05, 4.69) is 16.3 Å². The number of benzene rings is 1. The second-order valence-corrected chi connectivity index (χ2v) is 8.55. The summed E-state index contributed by atoms with van der Waals surface area (Å²) in [6.45, 7) is 0. The standard InChI is InChI=1S/C23H21F3N4O2/c1-31-17-5-3-2-4-16(17)22(13-27)11-15(12-22)32-18-8-9-30-19(10-14-6-7-14)28-29-21(30)20(18)23(24,25)26/h2-5,8-9,14-15H,6-7,10-12H2,1H3/t15-,22+. The van der Waals surface area contributed by atoms with Gasteiger partial charge in [0.25, 0.3) is 0 Å². The molecule has 0 spiro atoms. The van der Waals surface area contributed by atoms with Gasteiger partial charge in [-0.1, -0.05) is 18.2 Å². The Kier molecular flexibility index (Phi) is 4.77. The number of pyridine rings is 1. The zero-order valence-corrected chi connectivity index (χ0v) is 17.4. The van der Waals surface area contributed by atoms with Gasteiger partial charge < -0.3 is 9.47 Å². The number of fused-ring (bicyclic) bond motifs is 1. The summed E-state index contributed by atoms with van der Waals surface area (Å²) in [6.07, 6.45) is -0.359. The Labute approximate surface area is 182 Å². The van der Waals surface area contributed by atoms with Crippen molar-refractivity contribution in [3.8, 4) is 17.6 Å². The molecule has 1 aromatic carbocycles. The number of ether oxygens (including phenoxy) is 2. The number of para-hydroxylation sites is 1. The molecule has 3 aromatic rings. The van der Waals surface area contributed by atoms with Crippen molar-refractivity contribution in [2.24, 2.45) is 5.92 Å². The van der Waals surface area contributed by atoms with Gasteiger partial charge in [0.15, 0.2) is 5.65 Å². The number of rotatable bonds is 6. The van der Waals surface area contributed by atoms with Crippen molar-refractivity contribution in [1.82, 2.24) is 14.6 Å². The van der Waals surface area contributed by atoms with E-state index in [4.69, 9.17) is 9.47 Å². The summed E-state index contributed by atoms with van der Waals surface area (Å²) in [5, 5.41) is 17.7. The van der Waals surface area contributed by atoms with E-state index >= 15 is 0 Å². The van der Waals surface area contributed by atoms with Crippen LogP contribution in [0.5, 0.6) is 11.5 Å². The minimum absolute atomic E-state index is 0.249. The Bertz CT molecular complexity index is 1200. The summed E-state index contributed by atoms with van der Waals surface area (Å²) in [6, 6.07) is 10.8. The third-order valence-electron chi connectivity index (χ3n) is 6.35. The van der Waals surface area contributed by atoms with Gasteiger partial charge in [0, 0.05) is 31.0 Å². The second kappa shape index (κ2) is 7.40. The van der Waals surface area contributed by atoms with Gasteiger partial charge >= 0.3 is 6.18 Å². The number of hydrogen-bond acceptors (Lipinski definition) is 5. The van der Waals surface area contributed by atoms with Crippen LogP contribution in [-0.2, 0) is 18.0 Å². The molecule has 166 valence electrons. The molecule has 2 aliphatic carbocycles. The lowest BCUT2D eigenvalue weighted by atomic mass is 9.63. The van der Waals surface area contributed by atoms with Crippen molar-refractivity contribution in [2.45, 2.75) is 49.8 Å². The molecule has 0 bridgehead atoms. The number of nitriles is 1. The second-order valence-electron chi connectivity index (χ2n) is 8.55. The van der Waals surface area contributed by atoms with E-state index < -0.39 is 23.3 Å². The van der Waals surface area contributed by atoms with Gasteiger partial charge in [-0.05, 0) is 30.9 Å². The van der Waals surface area contributed by atoms with Crippen LogP contribution in [0.4, 0.5) is 13.2 Å². The van der Waals surface area contributed by atoms with E-state index in [1.165, 1.54) is 23.8 Å². The minimum Gasteiger partial charge on any atom is -0.496 e. The highest BCUT2D eigenvalue weighted by Gasteiger charge is 2.50. The Balaban J connectivity index is 1.43. The van der Waals surface area contributed by atoms with Crippen LogP contribution >= 0.6 is 0 Å². The third kappa shape index (κ3) is 3.44. The monoisotopic (exact) mass is 442 g/mol. The summed E-state index contributed by atoms with van der Waals surface area (Å²) in [7, 11) is 1.53. The zero-order valence-electron chi connectivity index (χ0n) is 17.4. The number of halogens is 3. The van der Waals surface area contributed by atoms with Crippen LogP contribution in [0.3, 0.4) is 0 Å². The molecule has 0 amide bonds. The van der Waals surface area contributed by atoms with Crippen LogP contribution in [-0.4, -0.2) is 27.8 Å². The number of hydrogen-bond donors (Lipinski definition) is 0. The van der Waals surface area contributed by atoms with Crippen LogP contribution < -0.4 is 9.47 Å². The molecule has 2 aliphatic rings. The Hall–Kier alpha value is -3.28. The average Bonchev–Trinajstić information content (AvgIpc) is 3.48. The van der Waals surface area contributed by atoms with Gasteiger partial charge in [-0.15, -0.1) is 10.2 Å². The summed E-state index contributed by atoms with van der Waals surface area (Å²) in [4.78, 5) is 0. The van der Waals surface area contributed by atoms with Crippen molar-refractivity contribution in [3.05, 3.63) is 53.5 Å². The molecule has 0 saturated heterocycles. The highest BCUT2D eigenvalue weighted by Crippen LogP contribution is 2.49. The Morgan fingerprint density at radius 3 is 2.56 bits per heavy atom. The highest BCUT2D eigenvalue weighted by atomic mass is 19.4. The van der Waals surface area contributed by atoms with E-state index in [-0.39, 0.29) is 24.2 Å². The molecule has 0 N–H and O–H groups in total. The van der Waals surface area contributed by atoms with E-state index in [1.54, 1.807) is 12.1 Å². The number of methoxy groups -OCH3 is 1. The average molecular weight is 442 g/mol. The summed E-state index contributed by atoms with van der Waals surface area (Å²) >= 11 is 0. The Morgan fingerprint density at radius 2 is 1.91 bits per heavy atom. The number of alkyl halides is 3. The molecule has 0 aliphatic heterocycles. The first-order chi connectivity index (χ1) is 15.3. The van der Waals surface area contributed by atoms with Crippen LogP contribution in [0.15, 0.2) is 36.5 Å². The zero-order chi connectivity index (χ0) is 22.5. The van der Waals surface area contributed by atoms with E-state index in [1.807, 2.05) is 12.1 Å². The lowest BCUT2D eigenvalue weighted by Gasteiger charge is -2.43. The molecule has 2 heterocycles. The lowest BCUT2D eigenvalue weighted by molar-refractivity contribution is -0.138.